The summed E-state index contributed by atoms with van der Waals surface area (Å²) in [6.07, 6.45) is 0.770. The number of anilines is 1. The van der Waals surface area contributed by atoms with Gasteiger partial charge in [-0.2, -0.15) is 5.10 Å². The molecule has 1 unspecified atom stereocenters. The Morgan fingerprint density at radius 3 is 2.67 bits per heavy atom. The number of hydrazone groups is 1. The van der Waals surface area contributed by atoms with E-state index in [2.05, 4.69) is 33.1 Å². The number of amides is 2. The molecule has 8 nitrogen and oxygen atoms in total. The number of nitrogens with zero attached hydrogens (tertiary/aromatic N) is 1. The number of carbonyl (C=O) groups is 2. The number of rotatable bonds is 6. The third-order valence-corrected chi connectivity index (χ3v) is 4.31. The van der Waals surface area contributed by atoms with Crippen molar-refractivity contribution in [1.29, 1.82) is 5.41 Å². The van der Waals surface area contributed by atoms with Crippen LogP contribution in [0.5, 0.6) is 0 Å². The molecule has 0 radical (unpaired) electrons. The first-order valence-electron chi connectivity index (χ1n) is 8.25. The molecule has 0 aliphatic carbocycles. The van der Waals surface area contributed by atoms with Crippen molar-refractivity contribution in [2.24, 2.45) is 10.5 Å². The van der Waals surface area contributed by atoms with Gasteiger partial charge in [-0.3, -0.25) is 15.0 Å². The molecule has 2 rings (SSSR count). The Hall–Kier alpha value is -3.23. The first kappa shape index (κ1) is 20.1. The van der Waals surface area contributed by atoms with E-state index in [1.54, 1.807) is 6.07 Å². The number of benzene rings is 1. The Bertz CT molecular complexity index is 814. The van der Waals surface area contributed by atoms with E-state index < -0.39 is 22.7 Å². The van der Waals surface area contributed by atoms with E-state index in [0.717, 1.165) is 6.21 Å². The van der Waals surface area contributed by atoms with Crippen LogP contribution in [0.1, 0.15) is 20.8 Å². The van der Waals surface area contributed by atoms with E-state index in [9.17, 15) is 14.0 Å². The molecule has 0 saturated carbocycles. The number of halogens is 1. The van der Waals surface area contributed by atoms with Crippen LogP contribution in [0.25, 0.3) is 0 Å². The quantitative estimate of drug-likeness (QED) is 0.381. The highest BCUT2D eigenvalue weighted by atomic mass is 19.1. The highest BCUT2D eigenvalue weighted by Gasteiger charge is 2.52. The molecular weight excluding hydrogens is 351 g/mol. The average molecular weight is 374 g/mol. The number of carbonyl (C=O) groups excluding carboxylic acids is 2. The first-order valence-corrected chi connectivity index (χ1v) is 8.25. The van der Waals surface area contributed by atoms with Gasteiger partial charge in [-0.15, -0.1) is 0 Å². The van der Waals surface area contributed by atoms with Gasteiger partial charge < -0.3 is 21.4 Å². The molecule has 1 saturated heterocycles. The van der Waals surface area contributed by atoms with Crippen LogP contribution in [0.15, 0.2) is 41.8 Å². The highest BCUT2D eigenvalue weighted by molar-refractivity contribution is 6.60. The molecule has 1 aromatic carbocycles. The zero-order valence-electron chi connectivity index (χ0n) is 15.4. The maximum Gasteiger partial charge on any atom is 0.273 e. The summed E-state index contributed by atoms with van der Waals surface area (Å²) in [5, 5.41) is 19.5. The van der Waals surface area contributed by atoms with E-state index in [4.69, 9.17) is 5.41 Å². The smallest absolute Gasteiger partial charge is 0.273 e. The molecule has 0 bridgehead atoms. The molecule has 9 heteroatoms. The van der Waals surface area contributed by atoms with Crippen molar-refractivity contribution < 1.29 is 14.0 Å². The molecular formula is C18H23FN6O2. The van der Waals surface area contributed by atoms with Gasteiger partial charge in [0.1, 0.15) is 11.4 Å². The number of hydrogen-bond acceptors (Lipinski definition) is 6. The first-order chi connectivity index (χ1) is 12.6. The predicted octanol–water partition coefficient (Wildman–Crippen LogP) is 1.33. The van der Waals surface area contributed by atoms with E-state index in [1.807, 2.05) is 20.8 Å². The Morgan fingerprint density at radius 1 is 1.44 bits per heavy atom. The molecule has 0 aromatic heterocycles. The van der Waals surface area contributed by atoms with Crippen LogP contribution in [0.3, 0.4) is 0 Å². The molecule has 5 N–H and O–H groups in total. The van der Waals surface area contributed by atoms with Crippen molar-refractivity contribution in [3.63, 3.8) is 0 Å². The number of hydrogen-bond donors (Lipinski definition) is 5. The average Bonchev–Trinajstić information content (AvgIpc) is 2.88. The topological polar surface area (TPSA) is 118 Å². The lowest BCUT2D eigenvalue weighted by atomic mass is 9.73. The van der Waals surface area contributed by atoms with Crippen molar-refractivity contribution in [1.82, 2.24) is 16.0 Å². The fourth-order valence-electron chi connectivity index (χ4n) is 2.64. The van der Waals surface area contributed by atoms with E-state index in [0.29, 0.717) is 11.5 Å². The van der Waals surface area contributed by atoms with Crippen LogP contribution in [-0.2, 0) is 9.59 Å². The van der Waals surface area contributed by atoms with Crippen LogP contribution in [-0.4, -0.2) is 35.8 Å². The van der Waals surface area contributed by atoms with Crippen LogP contribution in [0.2, 0.25) is 0 Å². The molecule has 2 amide bonds. The predicted molar refractivity (Wildman–Crippen MR) is 102 cm³/mol. The van der Waals surface area contributed by atoms with Crippen molar-refractivity contribution in [3.8, 4) is 0 Å². The number of nitrogens with one attached hydrogen (secondary N) is 5. The highest BCUT2D eigenvalue weighted by Crippen LogP contribution is 2.33. The fourth-order valence-corrected chi connectivity index (χ4v) is 2.64. The molecule has 1 aliphatic heterocycles. The Morgan fingerprint density at radius 2 is 2.15 bits per heavy atom. The monoisotopic (exact) mass is 374 g/mol. The normalized spacial score (nSPS) is 19.9. The molecule has 0 spiro atoms. The fraction of sp³-hybridized carbons (Fsp3) is 0.333. The summed E-state index contributed by atoms with van der Waals surface area (Å²) in [5.74, 6) is -1.05. The van der Waals surface area contributed by atoms with Crippen molar-refractivity contribution in [3.05, 3.63) is 42.5 Å². The molecule has 1 atom stereocenters. The zero-order chi connectivity index (χ0) is 20.2. The SMILES string of the molecule is C=C1NC(=O)C(CNC(=O)/C(C=N)=N/Nc2cccc(F)c2)(C(C)(C)C)N1. The summed E-state index contributed by atoms with van der Waals surface area (Å²) in [4.78, 5) is 24.8. The molecule has 27 heavy (non-hydrogen) atoms. The van der Waals surface area contributed by atoms with Gasteiger partial charge in [0, 0.05) is 0 Å². The second-order valence-electron chi connectivity index (χ2n) is 7.16. The summed E-state index contributed by atoms with van der Waals surface area (Å²) in [7, 11) is 0. The minimum Gasteiger partial charge on any atom is -0.356 e. The van der Waals surface area contributed by atoms with Crippen LogP contribution in [0.4, 0.5) is 10.1 Å². The van der Waals surface area contributed by atoms with Crippen molar-refractivity contribution >= 4 is 29.4 Å². The minimum absolute atomic E-state index is 0.0347. The lowest BCUT2D eigenvalue weighted by molar-refractivity contribution is -0.128. The van der Waals surface area contributed by atoms with Gasteiger partial charge >= 0.3 is 0 Å². The zero-order valence-corrected chi connectivity index (χ0v) is 15.4. The van der Waals surface area contributed by atoms with Gasteiger partial charge in [-0.05, 0) is 23.6 Å². The Balaban J connectivity index is 2.11. The van der Waals surface area contributed by atoms with Gasteiger partial charge in [0.2, 0.25) is 0 Å². The van der Waals surface area contributed by atoms with Gasteiger partial charge in [-0.25, -0.2) is 4.39 Å². The molecule has 144 valence electrons. The second kappa shape index (κ2) is 7.56. The van der Waals surface area contributed by atoms with Crippen molar-refractivity contribution in [2.75, 3.05) is 12.0 Å². The van der Waals surface area contributed by atoms with E-state index in [-0.39, 0.29) is 18.2 Å². The van der Waals surface area contributed by atoms with E-state index >= 15 is 0 Å². The lowest BCUT2D eigenvalue weighted by Crippen LogP contribution is -2.63. The van der Waals surface area contributed by atoms with Crippen molar-refractivity contribution in [2.45, 2.75) is 26.3 Å². The molecule has 1 fully saturated rings. The van der Waals surface area contributed by atoms with Crippen LogP contribution >= 0.6 is 0 Å². The molecule has 1 aromatic rings. The second-order valence-corrected chi connectivity index (χ2v) is 7.16. The van der Waals surface area contributed by atoms with Gasteiger partial charge in [-0.1, -0.05) is 33.4 Å². The third-order valence-electron chi connectivity index (χ3n) is 4.31. The van der Waals surface area contributed by atoms with E-state index in [1.165, 1.54) is 18.2 Å². The van der Waals surface area contributed by atoms with Gasteiger partial charge in [0.25, 0.3) is 11.8 Å². The lowest BCUT2D eigenvalue weighted by Gasteiger charge is -2.39. The summed E-state index contributed by atoms with van der Waals surface area (Å²) < 4.78 is 13.2. The molecule has 1 aliphatic rings. The standard InChI is InChI=1S/C18H23FN6O2/c1-11-22-16(27)18(23-11,17(2,3)4)10-21-15(26)14(9-20)25-24-13-7-5-6-12(19)8-13/h5-9,20,23-24H,1,10H2,2-4H3,(H,21,26)(H,22,27)/b20-9?,25-14+. The summed E-state index contributed by atoms with van der Waals surface area (Å²) >= 11 is 0. The summed E-state index contributed by atoms with van der Waals surface area (Å²) in [6, 6.07) is 5.54. The summed E-state index contributed by atoms with van der Waals surface area (Å²) in [6.45, 7) is 9.26. The van der Waals surface area contributed by atoms with Crippen LogP contribution in [0, 0.1) is 16.6 Å². The summed E-state index contributed by atoms with van der Waals surface area (Å²) in [5.41, 5.74) is 1.01. The maximum atomic E-state index is 13.2. The van der Waals surface area contributed by atoms with Gasteiger partial charge in [0.15, 0.2) is 5.71 Å². The minimum atomic E-state index is -1.09. The van der Waals surface area contributed by atoms with Gasteiger partial charge in [0.05, 0.1) is 24.3 Å². The maximum absolute atomic E-state index is 13.2. The molecule has 1 heterocycles. The Kier molecular flexibility index (Phi) is 5.63. The van der Waals surface area contributed by atoms with Crippen LogP contribution < -0.4 is 21.4 Å². The largest absolute Gasteiger partial charge is 0.356 e. The Labute approximate surface area is 156 Å². The third kappa shape index (κ3) is 4.30.